The minimum Gasteiger partial charge on any atom is -0.379 e. The summed E-state index contributed by atoms with van der Waals surface area (Å²) < 4.78 is 56.7. The molecular weight excluding hydrogens is 276 g/mol. The molecule has 1 aromatic carbocycles. The third kappa shape index (κ3) is 3.68. The predicted molar refractivity (Wildman–Crippen MR) is 67.1 cm³/mol. The van der Waals surface area contributed by atoms with Gasteiger partial charge in [0.25, 0.3) is 0 Å². The van der Waals surface area contributed by atoms with Crippen LogP contribution in [0.2, 0.25) is 0 Å². The van der Waals surface area contributed by atoms with E-state index in [0.717, 1.165) is 12.1 Å². The Morgan fingerprint density at radius 2 is 1.85 bits per heavy atom. The fourth-order valence-electron chi connectivity index (χ4n) is 2.13. The molecule has 0 aromatic heterocycles. The lowest BCUT2D eigenvalue weighted by atomic mass is 9.93. The van der Waals surface area contributed by atoms with Gasteiger partial charge in [-0.3, -0.25) is 11.3 Å². The number of hydrogen-bond acceptors (Lipinski definition) is 3. The molecule has 0 amide bonds. The van der Waals surface area contributed by atoms with Crippen molar-refractivity contribution < 1.29 is 22.3 Å². The van der Waals surface area contributed by atoms with E-state index in [2.05, 4.69) is 5.43 Å². The summed E-state index contributed by atoms with van der Waals surface area (Å²) in [5.41, 5.74) is 1.35. The zero-order valence-corrected chi connectivity index (χ0v) is 11.5. The molecule has 0 aliphatic carbocycles. The Morgan fingerprint density at radius 3 is 2.25 bits per heavy atom. The predicted octanol–water partition coefficient (Wildman–Crippen LogP) is 3.02. The normalized spacial score (nSPS) is 15.4. The maximum absolute atomic E-state index is 13.3. The van der Waals surface area contributed by atoms with Crippen molar-refractivity contribution in [1.29, 1.82) is 0 Å². The number of hydrogen-bond donors (Lipinski definition) is 2. The van der Waals surface area contributed by atoms with Crippen LogP contribution in [0, 0.1) is 11.7 Å². The summed E-state index contributed by atoms with van der Waals surface area (Å²) in [6.45, 7) is 3.71. The van der Waals surface area contributed by atoms with Crippen molar-refractivity contribution in [3.63, 3.8) is 0 Å². The molecule has 0 bridgehead atoms. The van der Waals surface area contributed by atoms with E-state index in [0.29, 0.717) is 0 Å². The quantitative estimate of drug-likeness (QED) is 0.498. The Labute approximate surface area is 115 Å². The molecule has 3 N–H and O–H groups in total. The smallest absolute Gasteiger partial charge is 0.379 e. The minimum absolute atomic E-state index is 0.0143. The number of nitrogens with two attached hydrogens (primary N) is 1. The standard InChI is InChI=1S/C13H18F4N2O/c1-7(2)12(20-3)11(19-18)8-4-5-10(14)9(6-8)13(15,16)17/h4-7,11-12,19H,18H2,1-3H3. The van der Waals surface area contributed by atoms with Crippen LogP contribution in [0.15, 0.2) is 18.2 Å². The maximum Gasteiger partial charge on any atom is 0.419 e. The summed E-state index contributed by atoms with van der Waals surface area (Å²) in [6, 6.07) is 2.15. The van der Waals surface area contributed by atoms with Crippen LogP contribution in [0.4, 0.5) is 17.6 Å². The van der Waals surface area contributed by atoms with Crippen molar-refractivity contribution >= 4 is 0 Å². The molecule has 3 nitrogen and oxygen atoms in total. The fourth-order valence-corrected chi connectivity index (χ4v) is 2.13. The first-order chi connectivity index (χ1) is 9.22. The summed E-state index contributed by atoms with van der Waals surface area (Å²) in [4.78, 5) is 0. The lowest BCUT2D eigenvalue weighted by molar-refractivity contribution is -0.140. The van der Waals surface area contributed by atoms with Crippen LogP contribution in [-0.2, 0) is 10.9 Å². The van der Waals surface area contributed by atoms with E-state index in [1.54, 1.807) is 0 Å². The van der Waals surface area contributed by atoms with Gasteiger partial charge in [-0.15, -0.1) is 0 Å². The number of rotatable bonds is 5. The molecule has 0 aliphatic heterocycles. The molecular formula is C13H18F4N2O. The number of nitrogens with one attached hydrogen (secondary N) is 1. The van der Waals surface area contributed by atoms with E-state index >= 15 is 0 Å². The molecule has 0 radical (unpaired) electrons. The Morgan fingerprint density at radius 1 is 1.25 bits per heavy atom. The lowest BCUT2D eigenvalue weighted by Gasteiger charge is -2.29. The van der Waals surface area contributed by atoms with Crippen LogP contribution in [0.25, 0.3) is 0 Å². The zero-order chi connectivity index (χ0) is 15.5. The van der Waals surface area contributed by atoms with Gasteiger partial charge in [0.15, 0.2) is 0 Å². The number of ether oxygens (including phenoxy) is 1. The molecule has 0 saturated heterocycles. The van der Waals surface area contributed by atoms with E-state index in [1.165, 1.54) is 13.2 Å². The van der Waals surface area contributed by atoms with Gasteiger partial charge in [0.05, 0.1) is 17.7 Å². The summed E-state index contributed by atoms with van der Waals surface area (Å²) in [5.74, 6) is 4.12. The first-order valence-electron chi connectivity index (χ1n) is 6.08. The topological polar surface area (TPSA) is 47.3 Å². The molecule has 1 aromatic rings. The van der Waals surface area contributed by atoms with Gasteiger partial charge in [-0.05, 0) is 23.6 Å². The SMILES string of the molecule is COC(C(C)C)C(NN)c1ccc(F)c(C(F)(F)F)c1. The highest BCUT2D eigenvalue weighted by molar-refractivity contribution is 5.30. The van der Waals surface area contributed by atoms with Crippen LogP contribution >= 0.6 is 0 Å². The van der Waals surface area contributed by atoms with Gasteiger partial charge in [0.1, 0.15) is 5.82 Å². The number of alkyl halides is 3. The summed E-state index contributed by atoms with van der Waals surface area (Å²) in [7, 11) is 1.45. The summed E-state index contributed by atoms with van der Waals surface area (Å²) in [6.07, 6.45) is -5.19. The third-order valence-electron chi connectivity index (χ3n) is 3.09. The molecule has 20 heavy (non-hydrogen) atoms. The second-order valence-electron chi connectivity index (χ2n) is 4.83. The van der Waals surface area contributed by atoms with Crippen molar-refractivity contribution in [3.8, 4) is 0 Å². The number of halogens is 4. The highest BCUT2D eigenvalue weighted by Crippen LogP contribution is 2.34. The van der Waals surface area contributed by atoms with E-state index in [-0.39, 0.29) is 11.5 Å². The molecule has 0 saturated carbocycles. The van der Waals surface area contributed by atoms with Gasteiger partial charge in [-0.25, -0.2) is 4.39 Å². The van der Waals surface area contributed by atoms with Crippen LogP contribution in [0.3, 0.4) is 0 Å². The van der Waals surface area contributed by atoms with Gasteiger partial charge >= 0.3 is 6.18 Å². The van der Waals surface area contributed by atoms with Gasteiger partial charge in [-0.2, -0.15) is 13.2 Å². The summed E-state index contributed by atoms with van der Waals surface area (Å²) in [5, 5.41) is 0. The van der Waals surface area contributed by atoms with Crippen LogP contribution in [-0.4, -0.2) is 13.2 Å². The Hall–Kier alpha value is -1.18. The first kappa shape index (κ1) is 16.9. The average Bonchev–Trinajstić information content (AvgIpc) is 2.34. The monoisotopic (exact) mass is 294 g/mol. The Kier molecular flexibility index (Phi) is 5.50. The molecule has 2 atom stereocenters. The van der Waals surface area contributed by atoms with Crippen LogP contribution < -0.4 is 11.3 Å². The van der Waals surface area contributed by atoms with Crippen LogP contribution in [0.1, 0.15) is 31.0 Å². The average molecular weight is 294 g/mol. The molecule has 7 heteroatoms. The first-order valence-corrected chi connectivity index (χ1v) is 6.08. The zero-order valence-electron chi connectivity index (χ0n) is 11.5. The van der Waals surface area contributed by atoms with Crippen molar-refractivity contribution in [2.45, 2.75) is 32.2 Å². The van der Waals surface area contributed by atoms with Crippen molar-refractivity contribution in [2.24, 2.45) is 11.8 Å². The van der Waals surface area contributed by atoms with Crippen molar-refractivity contribution in [3.05, 3.63) is 35.1 Å². The highest BCUT2D eigenvalue weighted by Gasteiger charge is 2.35. The molecule has 1 rings (SSSR count). The Balaban J connectivity index is 3.23. The molecule has 0 fully saturated rings. The summed E-state index contributed by atoms with van der Waals surface area (Å²) >= 11 is 0. The fraction of sp³-hybridized carbons (Fsp3) is 0.538. The second kappa shape index (κ2) is 6.51. The molecule has 0 aliphatic rings. The van der Waals surface area contributed by atoms with E-state index in [1.807, 2.05) is 13.8 Å². The van der Waals surface area contributed by atoms with Crippen molar-refractivity contribution in [2.75, 3.05) is 7.11 Å². The lowest BCUT2D eigenvalue weighted by Crippen LogP contribution is -2.40. The van der Waals surface area contributed by atoms with E-state index in [9.17, 15) is 17.6 Å². The molecule has 2 unspecified atom stereocenters. The van der Waals surface area contributed by atoms with Gasteiger partial charge in [-0.1, -0.05) is 19.9 Å². The number of benzene rings is 1. The van der Waals surface area contributed by atoms with Gasteiger partial charge < -0.3 is 4.74 Å². The van der Waals surface area contributed by atoms with Gasteiger partial charge in [0.2, 0.25) is 0 Å². The molecule has 114 valence electrons. The minimum atomic E-state index is -4.75. The van der Waals surface area contributed by atoms with Crippen molar-refractivity contribution in [1.82, 2.24) is 5.43 Å². The maximum atomic E-state index is 13.3. The van der Waals surface area contributed by atoms with Gasteiger partial charge in [0, 0.05) is 7.11 Å². The number of methoxy groups -OCH3 is 1. The highest BCUT2D eigenvalue weighted by atomic mass is 19.4. The second-order valence-corrected chi connectivity index (χ2v) is 4.83. The third-order valence-corrected chi connectivity index (χ3v) is 3.09. The molecule has 0 heterocycles. The van der Waals surface area contributed by atoms with Crippen LogP contribution in [0.5, 0.6) is 0 Å². The number of hydrazine groups is 1. The largest absolute Gasteiger partial charge is 0.419 e. The van der Waals surface area contributed by atoms with E-state index in [4.69, 9.17) is 10.6 Å². The molecule has 0 spiro atoms. The Bertz CT molecular complexity index is 448. The van der Waals surface area contributed by atoms with E-state index < -0.39 is 29.7 Å².